The van der Waals surface area contributed by atoms with E-state index in [1.54, 1.807) is 0 Å². The Hall–Kier alpha value is -3.03. The first-order chi connectivity index (χ1) is 17.0. The molecule has 4 heterocycles. The molecule has 6 rings (SSSR count). The fourth-order valence-corrected chi connectivity index (χ4v) is 5.61. The fraction of sp³-hybridized carbons (Fsp3) is 0.464. The number of hydrogen-bond donors (Lipinski definition) is 0. The molecule has 7 heteroatoms. The van der Waals surface area contributed by atoms with E-state index in [4.69, 9.17) is 19.8 Å². The maximum absolute atomic E-state index is 6.44. The van der Waals surface area contributed by atoms with Crippen LogP contribution < -0.4 is 9.22 Å². The van der Waals surface area contributed by atoms with Crippen LogP contribution in [0.2, 0.25) is 0 Å². The first kappa shape index (κ1) is 22.4. The summed E-state index contributed by atoms with van der Waals surface area (Å²) in [6.45, 7) is 10.9. The van der Waals surface area contributed by atoms with E-state index in [0.717, 1.165) is 60.7 Å². The van der Waals surface area contributed by atoms with Gasteiger partial charge in [-0.15, -0.1) is 9.50 Å². The smallest absolute Gasteiger partial charge is 0.337 e. The minimum absolute atomic E-state index is 0.157. The number of fused-ring (bicyclic) bond motifs is 2. The van der Waals surface area contributed by atoms with Crippen molar-refractivity contribution in [2.45, 2.75) is 51.7 Å². The lowest BCUT2D eigenvalue weighted by Crippen LogP contribution is -2.36. The monoisotopic (exact) mass is 471 g/mol. The van der Waals surface area contributed by atoms with E-state index >= 15 is 0 Å². The second-order valence-corrected chi connectivity index (χ2v) is 10.6. The summed E-state index contributed by atoms with van der Waals surface area (Å²) in [5.41, 5.74) is 3.36. The van der Waals surface area contributed by atoms with Crippen molar-refractivity contribution in [2.75, 3.05) is 33.2 Å². The molecule has 0 unspecified atom stereocenters. The zero-order chi connectivity index (χ0) is 24.2. The van der Waals surface area contributed by atoms with Crippen molar-refractivity contribution in [1.82, 2.24) is 29.0 Å². The molecule has 4 aromatic rings. The molecule has 0 spiro atoms. The zero-order valence-electron chi connectivity index (χ0n) is 21.2. The molecule has 2 aliphatic rings. The van der Waals surface area contributed by atoms with E-state index in [-0.39, 0.29) is 12.1 Å². The highest BCUT2D eigenvalue weighted by Gasteiger charge is 2.54. The van der Waals surface area contributed by atoms with Gasteiger partial charge in [-0.1, -0.05) is 56.3 Å². The van der Waals surface area contributed by atoms with Crippen LogP contribution in [0, 0.1) is 0 Å². The van der Waals surface area contributed by atoms with Crippen molar-refractivity contribution in [3.8, 4) is 6.01 Å². The molecule has 0 bridgehead atoms. The Balaban J connectivity index is 1.45. The number of hydrogen-bond acceptors (Lipinski definition) is 5. The minimum Gasteiger partial charge on any atom is -0.460 e. The van der Waals surface area contributed by atoms with Gasteiger partial charge in [0.05, 0.1) is 6.20 Å². The highest BCUT2D eigenvalue weighted by molar-refractivity contribution is 5.86. The van der Waals surface area contributed by atoms with Crippen LogP contribution in [0.5, 0.6) is 6.01 Å². The first-order valence-corrected chi connectivity index (χ1v) is 12.9. The van der Waals surface area contributed by atoms with Crippen molar-refractivity contribution < 1.29 is 4.74 Å². The molecule has 2 aromatic heterocycles. The number of quaternary nitrogens is 1. The van der Waals surface area contributed by atoms with Crippen LogP contribution in [0.25, 0.3) is 16.4 Å². The van der Waals surface area contributed by atoms with Crippen molar-refractivity contribution >= 4 is 22.4 Å². The van der Waals surface area contributed by atoms with Gasteiger partial charge in [-0.05, 0) is 43.5 Å². The van der Waals surface area contributed by atoms with Crippen LogP contribution in [0.4, 0.5) is 5.95 Å². The van der Waals surface area contributed by atoms with Crippen molar-refractivity contribution in [3.05, 3.63) is 59.8 Å². The molecule has 0 aliphatic carbocycles. The topological polar surface area (TPSA) is 55.6 Å². The van der Waals surface area contributed by atoms with Gasteiger partial charge in [-0.3, -0.25) is 0 Å². The van der Waals surface area contributed by atoms with Crippen LogP contribution >= 0.6 is 0 Å². The van der Waals surface area contributed by atoms with Crippen molar-refractivity contribution in [1.29, 1.82) is 0 Å². The average Bonchev–Trinajstić information content (AvgIpc) is 3.56. The Labute approximate surface area is 206 Å². The van der Waals surface area contributed by atoms with Gasteiger partial charge in [-0.25, -0.2) is 4.48 Å². The third-order valence-corrected chi connectivity index (χ3v) is 8.04. The average molecular weight is 472 g/mol. The molecule has 182 valence electrons. The molecule has 1 atom stereocenters. The molecule has 35 heavy (non-hydrogen) atoms. The molecule has 2 saturated heterocycles. The molecule has 0 N–H and O–H groups in total. The highest BCUT2D eigenvalue weighted by Crippen LogP contribution is 2.44. The largest absolute Gasteiger partial charge is 0.460 e. The number of aromatic nitrogens is 4. The van der Waals surface area contributed by atoms with E-state index in [1.807, 2.05) is 10.7 Å². The molecule has 0 amide bonds. The SMILES string of the molecule is CC(C)c1cnn2c([N+]3([C@@H](C)c4cccc5ccccc45)CC3)nc(OC3CCN(C)CC3)nc12. The summed E-state index contributed by atoms with van der Waals surface area (Å²) >= 11 is 0. The summed E-state index contributed by atoms with van der Waals surface area (Å²) in [5, 5.41) is 7.38. The summed E-state index contributed by atoms with van der Waals surface area (Å²) in [5.74, 6) is 1.26. The number of nitrogens with zero attached hydrogens (tertiary/aromatic N) is 6. The van der Waals surface area contributed by atoms with Crippen molar-refractivity contribution in [3.63, 3.8) is 0 Å². The number of rotatable bonds is 6. The second-order valence-electron chi connectivity index (χ2n) is 10.6. The van der Waals surface area contributed by atoms with Crippen LogP contribution in [-0.4, -0.2) is 63.8 Å². The van der Waals surface area contributed by atoms with E-state index in [9.17, 15) is 0 Å². The maximum Gasteiger partial charge on any atom is 0.337 e. The summed E-state index contributed by atoms with van der Waals surface area (Å²) in [4.78, 5) is 12.3. The van der Waals surface area contributed by atoms with Crippen LogP contribution in [0.3, 0.4) is 0 Å². The zero-order valence-corrected chi connectivity index (χ0v) is 21.2. The van der Waals surface area contributed by atoms with Gasteiger partial charge in [0.15, 0.2) is 5.65 Å². The lowest BCUT2D eigenvalue weighted by molar-refractivity contribution is 0.105. The lowest BCUT2D eigenvalue weighted by atomic mass is 9.99. The number of piperidine rings is 1. The van der Waals surface area contributed by atoms with Gasteiger partial charge >= 0.3 is 12.0 Å². The van der Waals surface area contributed by atoms with Crippen molar-refractivity contribution in [2.24, 2.45) is 0 Å². The first-order valence-electron chi connectivity index (χ1n) is 12.9. The van der Waals surface area contributed by atoms with E-state index < -0.39 is 0 Å². The number of ether oxygens (including phenoxy) is 1. The van der Waals surface area contributed by atoms with Gasteiger partial charge in [-0.2, -0.15) is 10.1 Å². The highest BCUT2D eigenvalue weighted by atomic mass is 16.5. The third kappa shape index (κ3) is 3.87. The normalized spacial score (nSPS) is 19.5. The quantitative estimate of drug-likeness (QED) is 0.294. The predicted octanol–water partition coefficient (Wildman–Crippen LogP) is 4.96. The lowest BCUT2D eigenvalue weighted by Gasteiger charge is -2.29. The summed E-state index contributed by atoms with van der Waals surface area (Å²) in [7, 11) is 2.17. The standard InChI is InChI=1S/C28H35N6O/c1-19(2)25-18-29-33-26(25)30-27(35-22-12-14-32(4)15-13-22)31-28(33)34(16-17-34)20(3)23-11-7-9-21-8-5-6-10-24(21)23/h5-11,18-20,22H,12-17H2,1-4H3/q+1/t20-/m0/s1. The Morgan fingerprint density at radius 1 is 0.943 bits per heavy atom. The van der Waals surface area contributed by atoms with E-state index in [2.05, 4.69) is 75.2 Å². The maximum atomic E-state index is 6.44. The summed E-state index contributed by atoms with van der Waals surface area (Å²) < 4.78 is 9.17. The molecular formula is C28H35N6O+. The molecule has 7 nitrogen and oxygen atoms in total. The van der Waals surface area contributed by atoms with Crippen LogP contribution in [0.1, 0.15) is 56.7 Å². The summed E-state index contributed by atoms with van der Waals surface area (Å²) in [6.07, 6.45) is 4.12. The van der Waals surface area contributed by atoms with Crippen LogP contribution in [0.15, 0.2) is 48.7 Å². The van der Waals surface area contributed by atoms with Gasteiger partial charge in [0.1, 0.15) is 25.2 Å². The molecule has 0 radical (unpaired) electrons. The van der Waals surface area contributed by atoms with Gasteiger partial charge in [0.2, 0.25) is 0 Å². The molecule has 0 saturated carbocycles. The predicted molar refractivity (Wildman–Crippen MR) is 140 cm³/mol. The number of likely N-dealkylation sites (tertiary alicyclic amines) is 1. The third-order valence-electron chi connectivity index (χ3n) is 8.04. The van der Waals surface area contributed by atoms with E-state index in [0.29, 0.717) is 11.9 Å². The Bertz CT molecular complexity index is 1360. The van der Waals surface area contributed by atoms with Gasteiger partial charge in [0, 0.05) is 24.2 Å². The van der Waals surface area contributed by atoms with Gasteiger partial charge in [0.25, 0.3) is 0 Å². The minimum atomic E-state index is 0.157. The molecule has 2 aliphatic heterocycles. The van der Waals surface area contributed by atoms with Crippen LogP contribution in [-0.2, 0) is 0 Å². The fourth-order valence-electron chi connectivity index (χ4n) is 5.61. The molecular weight excluding hydrogens is 436 g/mol. The Kier molecular flexibility index (Phi) is 5.49. The number of benzene rings is 2. The molecule has 2 fully saturated rings. The Morgan fingerprint density at radius 2 is 1.69 bits per heavy atom. The second kappa shape index (κ2) is 8.57. The summed E-state index contributed by atoms with van der Waals surface area (Å²) in [6, 6.07) is 16.0. The van der Waals surface area contributed by atoms with E-state index in [1.165, 1.54) is 16.3 Å². The van der Waals surface area contributed by atoms with Gasteiger partial charge < -0.3 is 9.64 Å². The Morgan fingerprint density at radius 3 is 2.43 bits per heavy atom. The molecule has 2 aromatic carbocycles.